The second-order valence-electron chi connectivity index (χ2n) is 5.69. The predicted molar refractivity (Wildman–Crippen MR) is 74.8 cm³/mol. The average Bonchev–Trinajstić information content (AvgIpc) is 2.41. The summed E-state index contributed by atoms with van der Waals surface area (Å²) in [6.07, 6.45) is 1.64. The molecule has 0 aliphatic carbocycles. The maximum Gasteiger partial charge on any atom is 0.222 e. The Balaban J connectivity index is 1.77. The number of nitrogens with zero attached hydrogens (tertiary/aromatic N) is 2. The molecule has 0 radical (unpaired) electrons. The van der Waals surface area contributed by atoms with Crippen LogP contribution in [0.5, 0.6) is 0 Å². The van der Waals surface area contributed by atoms with E-state index in [4.69, 9.17) is 0 Å². The molecule has 2 aliphatic heterocycles. The van der Waals surface area contributed by atoms with Crippen molar-refractivity contribution < 1.29 is 18.0 Å². The van der Waals surface area contributed by atoms with Crippen molar-refractivity contribution >= 4 is 21.7 Å². The third-order valence-electron chi connectivity index (χ3n) is 4.22. The van der Waals surface area contributed by atoms with Crippen LogP contribution in [0.1, 0.15) is 26.2 Å². The molecule has 0 unspecified atom stereocenters. The fourth-order valence-corrected chi connectivity index (χ4v) is 4.38. The van der Waals surface area contributed by atoms with Crippen LogP contribution < -0.4 is 0 Å². The van der Waals surface area contributed by atoms with Gasteiger partial charge in [0.25, 0.3) is 0 Å². The Hall–Kier alpha value is -1.11. The number of carbonyl (C=O) groups excluding carboxylic acids is 2. The number of rotatable bonds is 2. The van der Waals surface area contributed by atoms with Gasteiger partial charge in [0, 0.05) is 39.5 Å². The van der Waals surface area contributed by atoms with Crippen molar-refractivity contribution in [3.63, 3.8) is 0 Å². The van der Waals surface area contributed by atoms with E-state index in [0.29, 0.717) is 45.4 Å². The van der Waals surface area contributed by atoms with Gasteiger partial charge in [-0.1, -0.05) is 0 Å². The Kier molecular flexibility index (Phi) is 4.67. The molecule has 0 aromatic rings. The zero-order chi connectivity index (χ0) is 14.8. The number of hydrogen-bond donors (Lipinski definition) is 0. The molecule has 7 heteroatoms. The standard InChI is InChI=1S/C13H22N2O4S/c1-11(16)14-4-6-15(7-5-14)13(17)10-12-2-8-20(18,19)9-3-12/h12H,2-10H2,1H3. The van der Waals surface area contributed by atoms with Crippen molar-refractivity contribution in [2.24, 2.45) is 5.92 Å². The lowest BCUT2D eigenvalue weighted by Gasteiger charge is -2.35. The van der Waals surface area contributed by atoms with E-state index < -0.39 is 9.84 Å². The average molecular weight is 302 g/mol. The minimum absolute atomic E-state index is 0.0505. The van der Waals surface area contributed by atoms with Gasteiger partial charge in [0.15, 0.2) is 0 Å². The molecule has 0 atom stereocenters. The molecule has 0 aromatic carbocycles. The van der Waals surface area contributed by atoms with Crippen molar-refractivity contribution in [2.45, 2.75) is 26.2 Å². The summed E-state index contributed by atoms with van der Waals surface area (Å²) in [4.78, 5) is 26.9. The number of hydrogen-bond acceptors (Lipinski definition) is 4. The molecule has 2 rings (SSSR count). The highest BCUT2D eigenvalue weighted by Gasteiger charge is 2.28. The van der Waals surface area contributed by atoms with Gasteiger partial charge in [-0.05, 0) is 18.8 Å². The van der Waals surface area contributed by atoms with Crippen LogP contribution in [0.4, 0.5) is 0 Å². The lowest BCUT2D eigenvalue weighted by atomic mass is 9.98. The van der Waals surface area contributed by atoms with Crippen molar-refractivity contribution in [3.05, 3.63) is 0 Å². The van der Waals surface area contributed by atoms with Crippen LogP contribution in [0.25, 0.3) is 0 Å². The minimum Gasteiger partial charge on any atom is -0.339 e. The third-order valence-corrected chi connectivity index (χ3v) is 5.93. The van der Waals surface area contributed by atoms with Gasteiger partial charge in [-0.2, -0.15) is 0 Å². The Labute approximate surface area is 120 Å². The SMILES string of the molecule is CC(=O)N1CCN(C(=O)CC2CCS(=O)(=O)CC2)CC1. The van der Waals surface area contributed by atoms with Crippen molar-refractivity contribution in [1.82, 2.24) is 9.80 Å². The first kappa shape index (κ1) is 15.3. The van der Waals surface area contributed by atoms with Gasteiger partial charge in [0.05, 0.1) is 11.5 Å². The van der Waals surface area contributed by atoms with Crippen LogP contribution in [0.15, 0.2) is 0 Å². The van der Waals surface area contributed by atoms with Crippen LogP contribution in [0.3, 0.4) is 0 Å². The molecule has 2 fully saturated rings. The number of carbonyl (C=O) groups is 2. The maximum absolute atomic E-state index is 12.2. The quantitative estimate of drug-likeness (QED) is 0.713. The fourth-order valence-electron chi connectivity index (χ4n) is 2.79. The summed E-state index contributed by atoms with van der Waals surface area (Å²) in [5.41, 5.74) is 0. The highest BCUT2D eigenvalue weighted by atomic mass is 32.2. The van der Waals surface area contributed by atoms with Crippen LogP contribution in [0.2, 0.25) is 0 Å². The molecule has 0 aromatic heterocycles. The normalized spacial score (nSPS) is 23.6. The van der Waals surface area contributed by atoms with Gasteiger partial charge < -0.3 is 9.80 Å². The van der Waals surface area contributed by atoms with Crippen LogP contribution in [-0.4, -0.2) is 67.7 Å². The van der Waals surface area contributed by atoms with Gasteiger partial charge in [0.2, 0.25) is 11.8 Å². The van der Waals surface area contributed by atoms with Crippen LogP contribution in [-0.2, 0) is 19.4 Å². The molecule has 114 valence electrons. The van der Waals surface area contributed by atoms with Crippen molar-refractivity contribution in [3.8, 4) is 0 Å². The summed E-state index contributed by atoms with van der Waals surface area (Å²) in [6, 6.07) is 0. The van der Waals surface area contributed by atoms with E-state index in [9.17, 15) is 18.0 Å². The number of piperazine rings is 1. The summed E-state index contributed by atoms with van der Waals surface area (Å²) in [5.74, 6) is 0.760. The molecule has 2 aliphatic rings. The second-order valence-corrected chi connectivity index (χ2v) is 7.99. The van der Waals surface area contributed by atoms with E-state index in [2.05, 4.69) is 0 Å². The van der Waals surface area contributed by atoms with Gasteiger partial charge in [0.1, 0.15) is 9.84 Å². The molecule has 0 saturated carbocycles. The highest BCUT2D eigenvalue weighted by molar-refractivity contribution is 7.91. The molecule has 6 nitrogen and oxygen atoms in total. The Morgan fingerprint density at radius 3 is 2.00 bits per heavy atom. The van der Waals surface area contributed by atoms with Gasteiger partial charge in [-0.3, -0.25) is 9.59 Å². The van der Waals surface area contributed by atoms with Crippen LogP contribution in [0, 0.1) is 5.92 Å². The summed E-state index contributed by atoms with van der Waals surface area (Å²) < 4.78 is 22.7. The first-order valence-electron chi connectivity index (χ1n) is 7.11. The van der Waals surface area contributed by atoms with Gasteiger partial charge in [-0.15, -0.1) is 0 Å². The van der Waals surface area contributed by atoms with E-state index in [-0.39, 0.29) is 29.2 Å². The Morgan fingerprint density at radius 1 is 1.00 bits per heavy atom. The molecule has 0 N–H and O–H groups in total. The fraction of sp³-hybridized carbons (Fsp3) is 0.846. The topological polar surface area (TPSA) is 74.8 Å². The molecular weight excluding hydrogens is 280 g/mol. The van der Waals surface area contributed by atoms with E-state index in [1.807, 2.05) is 0 Å². The third kappa shape index (κ3) is 3.94. The van der Waals surface area contributed by atoms with Crippen molar-refractivity contribution in [2.75, 3.05) is 37.7 Å². The number of sulfone groups is 1. The lowest BCUT2D eigenvalue weighted by Crippen LogP contribution is -2.50. The first-order valence-corrected chi connectivity index (χ1v) is 8.93. The minimum atomic E-state index is -2.86. The van der Waals surface area contributed by atoms with E-state index in [1.165, 1.54) is 0 Å². The van der Waals surface area contributed by atoms with E-state index in [1.54, 1.807) is 16.7 Å². The largest absolute Gasteiger partial charge is 0.339 e. The molecular formula is C13H22N2O4S. The zero-order valence-electron chi connectivity index (χ0n) is 11.9. The Bertz CT molecular complexity index is 467. The number of amides is 2. The zero-order valence-corrected chi connectivity index (χ0v) is 12.7. The summed E-state index contributed by atoms with van der Waals surface area (Å²) in [7, 11) is -2.86. The highest BCUT2D eigenvalue weighted by Crippen LogP contribution is 2.23. The maximum atomic E-state index is 12.2. The van der Waals surface area contributed by atoms with Crippen molar-refractivity contribution in [1.29, 1.82) is 0 Å². The molecule has 20 heavy (non-hydrogen) atoms. The van der Waals surface area contributed by atoms with Crippen LogP contribution >= 0.6 is 0 Å². The summed E-state index contributed by atoms with van der Waals surface area (Å²) in [5, 5.41) is 0. The molecule has 2 saturated heterocycles. The first-order chi connectivity index (χ1) is 9.37. The molecule has 0 bridgehead atoms. The summed E-state index contributed by atoms with van der Waals surface area (Å²) in [6.45, 7) is 3.91. The van der Waals surface area contributed by atoms with Gasteiger partial charge in [-0.25, -0.2) is 8.42 Å². The second kappa shape index (κ2) is 6.11. The van der Waals surface area contributed by atoms with Gasteiger partial charge >= 0.3 is 0 Å². The molecule has 0 spiro atoms. The molecule has 2 heterocycles. The monoisotopic (exact) mass is 302 g/mol. The summed E-state index contributed by atoms with van der Waals surface area (Å²) >= 11 is 0. The van der Waals surface area contributed by atoms with E-state index >= 15 is 0 Å². The predicted octanol–water partition coefficient (Wildman–Crippen LogP) is -0.108. The lowest BCUT2D eigenvalue weighted by molar-refractivity contribution is -0.139. The Morgan fingerprint density at radius 2 is 1.50 bits per heavy atom. The van der Waals surface area contributed by atoms with E-state index in [0.717, 1.165) is 0 Å². The molecule has 2 amide bonds. The smallest absolute Gasteiger partial charge is 0.222 e.